The van der Waals surface area contributed by atoms with E-state index in [1.807, 2.05) is 53.7 Å². The molecule has 2 aliphatic rings. The number of carbonyl (C=O) groups is 1. The molecule has 3 nitrogen and oxygen atoms in total. The van der Waals surface area contributed by atoms with Crippen LogP contribution in [0.2, 0.25) is 0 Å². The molecule has 1 radical (unpaired) electrons. The molecule has 0 bridgehead atoms. The van der Waals surface area contributed by atoms with Crippen molar-refractivity contribution in [3.05, 3.63) is 137 Å². The van der Waals surface area contributed by atoms with Gasteiger partial charge in [0.25, 0.3) is 0 Å². The summed E-state index contributed by atoms with van der Waals surface area (Å²) >= 11 is 0. The van der Waals surface area contributed by atoms with Gasteiger partial charge in [-0.1, -0.05) is 108 Å². The number of ketones is 1. The molecule has 2 aliphatic carbocycles. The number of nitrogens with zero attached hydrogens (tertiary/aromatic N) is 1. The smallest absolute Gasteiger partial charge is 0.164 e. The molecule has 0 unspecified atom stereocenters. The van der Waals surface area contributed by atoms with Crippen LogP contribution in [-0.4, -0.2) is 15.9 Å². The Morgan fingerprint density at radius 2 is 1.31 bits per heavy atom. The molecule has 1 spiro atoms. The number of benzene rings is 4. The number of hydrogen-bond donors (Lipinski definition) is 1. The number of aliphatic hydroxyl groups is 1. The van der Waals surface area contributed by atoms with Crippen LogP contribution in [0.1, 0.15) is 89.5 Å². The molecule has 0 saturated carbocycles. The van der Waals surface area contributed by atoms with Crippen LogP contribution in [0.15, 0.2) is 109 Å². The van der Waals surface area contributed by atoms with Crippen molar-refractivity contribution in [2.75, 3.05) is 0 Å². The monoisotopic (exact) mass is 855 g/mol. The van der Waals surface area contributed by atoms with Gasteiger partial charge in [-0.05, 0) is 102 Å². The van der Waals surface area contributed by atoms with Gasteiger partial charge in [-0.3, -0.25) is 9.78 Å². The standard InChI is InChI=1S/C32H24N.C15H28O2.Ir/c1-2-8-22(9-3-1)31-17-29(28-12-6-7-13-30(28)33-31)23-14-15-26-20-32(21-27(26)16-23)18-24-10-4-5-11-25(24)19-32;1-7-14(5,8-2)12(16)11-13(17)15(6,9-3)10-4;/h1-8,10-17H,18-21H2;11,16H,7-10H2,1-6H3;/q-1;;/b;12-11-;. The first kappa shape index (κ1) is 38.4. The summed E-state index contributed by atoms with van der Waals surface area (Å²) in [4.78, 5) is 17.1. The van der Waals surface area contributed by atoms with Crippen LogP contribution < -0.4 is 0 Å². The van der Waals surface area contributed by atoms with Gasteiger partial charge in [0, 0.05) is 42.4 Å². The van der Waals surface area contributed by atoms with Crippen LogP contribution in [-0.2, 0) is 50.6 Å². The number of para-hydroxylation sites is 1. The van der Waals surface area contributed by atoms with E-state index in [0.29, 0.717) is 5.41 Å². The van der Waals surface area contributed by atoms with Crippen molar-refractivity contribution in [2.24, 2.45) is 16.2 Å². The van der Waals surface area contributed by atoms with E-state index in [1.54, 1.807) is 11.1 Å². The molecule has 4 heteroatoms. The molecule has 7 rings (SSSR count). The van der Waals surface area contributed by atoms with E-state index in [1.165, 1.54) is 59.4 Å². The van der Waals surface area contributed by atoms with Crippen molar-refractivity contribution in [1.29, 1.82) is 0 Å². The van der Waals surface area contributed by atoms with Gasteiger partial charge in [-0.25, -0.2) is 0 Å². The maximum absolute atomic E-state index is 12.2. The fourth-order valence-corrected chi connectivity index (χ4v) is 7.81. The molecule has 51 heavy (non-hydrogen) atoms. The van der Waals surface area contributed by atoms with E-state index in [9.17, 15) is 9.90 Å². The van der Waals surface area contributed by atoms with E-state index in [-0.39, 0.29) is 42.5 Å². The number of allylic oxidation sites excluding steroid dienone is 2. The molecular formula is C47H52IrNO2-. The maximum atomic E-state index is 12.2. The number of aliphatic hydroxyl groups excluding tert-OH is 1. The minimum Gasteiger partial charge on any atom is -0.512 e. The quantitative estimate of drug-likeness (QED) is 0.0913. The van der Waals surface area contributed by atoms with Gasteiger partial charge in [-0.2, -0.15) is 0 Å². The third-order valence-corrected chi connectivity index (χ3v) is 12.2. The Labute approximate surface area is 319 Å². The molecule has 0 fully saturated rings. The Morgan fingerprint density at radius 3 is 1.92 bits per heavy atom. The van der Waals surface area contributed by atoms with Crippen LogP contribution in [0.25, 0.3) is 33.3 Å². The zero-order valence-electron chi connectivity index (χ0n) is 31.1. The van der Waals surface area contributed by atoms with Crippen molar-refractivity contribution >= 4 is 16.7 Å². The molecule has 0 amide bonds. The van der Waals surface area contributed by atoms with E-state index >= 15 is 0 Å². The van der Waals surface area contributed by atoms with E-state index < -0.39 is 0 Å². The number of rotatable bonds is 9. The van der Waals surface area contributed by atoms with Gasteiger partial charge in [0.05, 0.1) is 5.52 Å². The molecule has 0 aliphatic heterocycles. The van der Waals surface area contributed by atoms with Crippen LogP contribution in [0, 0.1) is 22.3 Å². The molecule has 1 N–H and O–H groups in total. The van der Waals surface area contributed by atoms with Gasteiger partial charge in [0.15, 0.2) is 5.78 Å². The zero-order valence-corrected chi connectivity index (χ0v) is 33.5. The van der Waals surface area contributed by atoms with Crippen LogP contribution in [0.3, 0.4) is 0 Å². The number of aromatic nitrogens is 1. The zero-order chi connectivity index (χ0) is 35.5. The first-order chi connectivity index (χ1) is 24.1. The summed E-state index contributed by atoms with van der Waals surface area (Å²) < 4.78 is 0. The van der Waals surface area contributed by atoms with Gasteiger partial charge in [-0.15, -0.1) is 35.9 Å². The van der Waals surface area contributed by atoms with E-state index in [4.69, 9.17) is 4.98 Å². The SMILES string of the molecule is CCC(C)(CC)C(=O)/C=C(\O)C(C)(CC)CC.[Ir].[c-]1ccccc1-c1cc(-c2ccc3c(c2)CC2(Cc4ccccc4C2)C3)c2ccccc2n1. The Kier molecular flexibility index (Phi) is 11.9. The molecule has 0 saturated heterocycles. The van der Waals surface area contributed by atoms with Gasteiger partial charge in [0.1, 0.15) is 5.76 Å². The second-order valence-corrected chi connectivity index (χ2v) is 15.2. The van der Waals surface area contributed by atoms with Crippen LogP contribution in [0.5, 0.6) is 0 Å². The van der Waals surface area contributed by atoms with Crippen LogP contribution >= 0.6 is 0 Å². The van der Waals surface area contributed by atoms with E-state index in [0.717, 1.165) is 42.5 Å². The third-order valence-electron chi connectivity index (χ3n) is 12.2. The predicted octanol–water partition coefficient (Wildman–Crippen LogP) is 11.9. The molecule has 4 aromatic carbocycles. The summed E-state index contributed by atoms with van der Waals surface area (Å²) in [7, 11) is 0. The minimum absolute atomic E-state index is 0. The van der Waals surface area contributed by atoms with Crippen molar-refractivity contribution in [3.63, 3.8) is 0 Å². The molecule has 267 valence electrons. The van der Waals surface area contributed by atoms with Crippen molar-refractivity contribution in [3.8, 4) is 22.4 Å². The summed E-state index contributed by atoms with van der Waals surface area (Å²) in [6.07, 6.45) is 9.54. The number of hydrogen-bond acceptors (Lipinski definition) is 3. The fraction of sp³-hybridized carbons (Fsp3) is 0.362. The normalized spacial score (nSPS) is 14.7. The van der Waals surface area contributed by atoms with Crippen molar-refractivity contribution in [1.82, 2.24) is 4.98 Å². The van der Waals surface area contributed by atoms with Crippen molar-refractivity contribution in [2.45, 2.75) is 92.9 Å². The van der Waals surface area contributed by atoms with Crippen LogP contribution in [0.4, 0.5) is 0 Å². The second kappa shape index (κ2) is 15.8. The molecule has 5 aromatic rings. The minimum atomic E-state index is -0.337. The molecule has 1 aromatic heterocycles. The Morgan fingerprint density at radius 1 is 0.745 bits per heavy atom. The largest absolute Gasteiger partial charge is 0.512 e. The second-order valence-electron chi connectivity index (χ2n) is 15.2. The molecule has 0 atom stereocenters. The Hall–Kier alpha value is -3.85. The van der Waals surface area contributed by atoms with Gasteiger partial charge in [0.2, 0.25) is 0 Å². The predicted molar refractivity (Wildman–Crippen MR) is 208 cm³/mol. The summed E-state index contributed by atoms with van der Waals surface area (Å²) in [5.74, 6) is 0.286. The Balaban J connectivity index is 0.000000242. The summed E-state index contributed by atoms with van der Waals surface area (Å²) in [6, 6.07) is 38.4. The number of fused-ring (bicyclic) bond motifs is 3. The van der Waals surface area contributed by atoms with Crippen molar-refractivity contribution < 1.29 is 30.0 Å². The number of pyridine rings is 1. The third kappa shape index (κ3) is 7.83. The first-order valence-electron chi connectivity index (χ1n) is 18.6. The topological polar surface area (TPSA) is 50.2 Å². The average molecular weight is 855 g/mol. The molecular weight excluding hydrogens is 803 g/mol. The summed E-state index contributed by atoms with van der Waals surface area (Å²) in [6.45, 7) is 12.1. The summed E-state index contributed by atoms with van der Waals surface area (Å²) in [5.41, 5.74) is 11.5. The number of carbonyl (C=O) groups excluding carboxylic acids is 1. The Bertz CT molecular complexity index is 1990. The van der Waals surface area contributed by atoms with Gasteiger partial charge < -0.3 is 5.11 Å². The average Bonchev–Trinajstić information content (AvgIpc) is 3.71. The fourth-order valence-electron chi connectivity index (χ4n) is 7.81. The van der Waals surface area contributed by atoms with Gasteiger partial charge >= 0.3 is 0 Å². The molecule has 1 heterocycles. The van der Waals surface area contributed by atoms with E-state index in [2.05, 4.69) is 91.0 Å². The summed E-state index contributed by atoms with van der Waals surface area (Å²) in [5, 5.41) is 11.3. The first-order valence-corrected chi connectivity index (χ1v) is 18.6. The maximum Gasteiger partial charge on any atom is 0.164 e.